The van der Waals surface area contributed by atoms with Gasteiger partial charge in [0.25, 0.3) is 0 Å². The molecule has 0 unspecified atom stereocenters. The van der Waals surface area contributed by atoms with Gasteiger partial charge < -0.3 is 24.9 Å². The highest BCUT2D eigenvalue weighted by Crippen LogP contribution is 2.41. The lowest BCUT2D eigenvalue weighted by molar-refractivity contribution is -0.125. The SMILES string of the molecule is C=CC(=O)N1CCC2(CCN(c3nc(Nc4cc(C(C)C)[nH]n4)cc(N4CCN(C)CC4)n3)CC2)C1. The monoisotopic (exact) mass is 493 g/mol. The number of anilines is 4. The van der Waals surface area contributed by atoms with Gasteiger partial charge in [0, 0.05) is 70.2 Å². The van der Waals surface area contributed by atoms with E-state index in [1.54, 1.807) is 0 Å². The van der Waals surface area contributed by atoms with E-state index in [2.05, 4.69) is 57.7 Å². The van der Waals surface area contributed by atoms with Crippen molar-refractivity contribution in [2.24, 2.45) is 5.41 Å². The average Bonchev–Trinajstić information content (AvgIpc) is 3.52. The van der Waals surface area contributed by atoms with Crippen LogP contribution in [0.2, 0.25) is 0 Å². The lowest BCUT2D eigenvalue weighted by atomic mass is 9.78. The van der Waals surface area contributed by atoms with Gasteiger partial charge in [-0.25, -0.2) is 0 Å². The third-order valence-corrected chi connectivity index (χ3v) is 8.04. The van der Waals surface area contributed by atoms with Crippen LogP contribution < -0.4 is 15.1 Å². The summed E-state index contributed by atoms with van der Waals surface area (Å²) in [5, 5.41) is 11.0. The second-order valence-electron chi connectivity index (χ2n) is 10.9. The van der Waals surface area contributed by atoms with Crippen LogP contribution in [-0.4, -0.2) is 95.3 Å². The summed E-state index contributed by atoms with van der Waals surface area (Å²) in [6.45, 7) is 15.3. The van der Waals surface area contributed by atoms with Crippen LogP contribution in [-0.2, 0) is 4.79 Å². The average molecular weight is 494 g/mol. The number of rotatable bonds is 6. The molecule has 5 heterocycles. The van der Waals surface area contributed by atoms with Gasteiger partial charge in [0.15, 0.2) is 5.82 Å². The number of hydrogen-bond acceptors (Lipinski definition) is 8. The lowest BCUT2D eigenvalue weighted by Crippen LogP contribution is -2.45. The Labute approximate surface area is 213 Å². The second-order valence-corrected chi connectivity index (χ2v) is 10.9. The lowest BCUT2D eigenvalue weighted by Gasteiger charge is -2.39. The van der Waals surface area contributed by atoms with Crippen LogP contribution in [0.3, 0.4) is 0 Å². The number of piperidine rings is 1. The predicted molar refractivity (Wildman–Crippen MR) is 143 cm³/mol. The molecule has 2 N–H and O–H groups in total. The molecule has 2 aromatic heterocycles. The minimum atomic E-state index is 0.0484. The van der Waals surface area contributed by atoms with E-state index in [-0.39, 0.29) is 11.3 Å². The van der Waals surface area contributed by atoms with Gasteiger partial charge in [-0.05, 0) is 43.7 Å². The van der Waals surface area contributed by atoms with Crippen LogP contribution in [0.1, 0.15) is 44.7 Å². The van der Waals surface area contributed by atoms with Crippen molar-refractivity contribution in [1.29, 1.82) is 0 Å². The summed E-state index contributed by atoms with van der Waals surface area (Å²) >= 11 is 0. The first-order chi connectivity index (χ1) is 17.3. The third-order valence-electron chi connectivity index (χ3n) is 8.04. The van der Waals surface area contributed by atoms with Gasteiger partial charge in [-0.15, -0.1) is 0 Å². The highest BCUT2D eigenvalue weighted by molar-refractivity contribution is 5.87. The Hall–Kier alpha value is -3.14. The van der Waals surface area contributed by atoms with E-state index in [1.807, 2.05) is 17.0 Å². The van der Waals surface area contributed by atoms with Crippen molar-refractivity contribution in [3.05, 3.63) is 30.5 Å². The van der Waals surface area contributed by atoms with Gasteiger partial charge >= 0.3 is 0 Å². The largest absolute Gasteiger partial charge is 0.354 e. The molecule has 36 heavy (non-hydrogen) atoms. The van der Waals surface area contributed by atoms with E-state index < -0.39 is 0 Å². The smallest absolute Gasteiger partial charge is 0.245 e. The number of nitrogens with one attached hydrogen (secondary N) is 2. The molecule has 10 heteroatoms. The van der Waals surface area contributed by atoms with Crippen LogP contribution >= 0.6 is 0 Å². The number of likely N-dealkylation sites (N-methyl/N-ethyl adjacent to an activating group) is 1. The van der Waals surface area contributed by atoms with Crippen molar-refractivity contribution in [3.8, 4) is 0 Å². The second kappa shape index (κ2) is 10.1. The molecule has 0 aromatic carbocycles. The van der Waals surface area contributed by atoms with E-state index in [0.717, 1.165) is 101 Å². The number of aromatic amines is 1. The number of nitrogens with zero attached hydrogens (tertiary/aromatic N) is 7. The summed E-state index contributed by atoms with van der Waals surface area (Å²) in [5.41, 5.74) is 1.29. The molecule has 3 saturated heterocycles. The number of aromatic nitrogens is 4. The van der Waals surface area contributed by atoms with E-state index >= 15 is 0 Å². The number of likely N-dealkylation sites (tertiary alicyclic amines) is 1. The Morgan fingerprint density at radius 3 is 2.42 bits per heavy atom. The van der Waals surface area contributed by atoms with Gasteiger partial charge in [0.2, 0.25) is 11.9 Å². The minimum Gasteiger partial charge on any atom is -0.354 e. The van der Waals surface area contributed by atoms with Crippen LogP contribution in [0.4, 0.5) is 23.4 Å². The molecule has 0 atom stereocenters. The van der Waals surface area contributed by atoms with Crippen molar-refractivity contribution in [2.45, 2.75) is 39.0 Å². The Bertz CT molecular complexity index is 1080. The third kappa shape index (κ3) is 5.18. The van der Waals surface area contributed by atoms with Crippen molar-refractivity contribution in [2.75, 3.05) is 74.5 Å². The molecule has 3 fully saturated rings. The Morgan fingerprint density at radius 2 is 1.75 bits per heavy atom. The molecule has 0 aliphatic carbocycles. The maximum Gasteiger partial charge on any atom is 0.245 e. The highest BCUT2D eigenvalue weighted by atomic mass is 16.2. The van der Waals surface area contributed by atoms with Crippen molar-refractivity contribution in [3.63, 3.8) is 0 Å². The van der Waals surface area contributed by atoms with Crippen LogP contribution in [0.25, 0.3) is 0 Å². The number of amides is 1. The maximum atomic E-state index is 12.1. The van der Waals surface area contributed by atoms with Crippen LogP contribution in [0.15, 0.2) is 24.8 Å². The quantitative estimate of drug-likeness (QED) is 0.593. The first-order valence-electron chi connectivity index (χ1n) is 13.2. The molecule has 10 nitrogen and oxygen atoms in total. The molecular weight excluding hydrogens is 454 g/mol. The Morgan fingerprint density at radius 1 is 1.03 bits per heavy atom. The molecule has 194 valence electrons. The Kier molecular flexibility index (Phi) is 6.87. The predicted octanol–water partition coefficient (Wildman–Crippen LogP) is 2.82. The number of H-pyrrole nitrogens is 1. The zero-order valence-corrected chi connectivity index (χ0v) is 21.8. The highest BCUT2D eigenvalue weighted by Gasteiger charge is 2.42. The fraction of sp³-hybridized carbons (Fsp3) is 0.615. The summed E-state index contributed by atoms with van der Waals surface area (Å²) in [5.74, 6) is 3.68. The van der Waals surface area contributed by atoms with E-state index in [1.165, 1.54) is 6.08 Å². The first-order valence-corrected chi connectivity index (χ1v) is 13.2. The fourth-order valence-corrected chi connectivity index (χ4v) is 5.49. The molecule has 1 amide bonds. The van der Waals surface area contributed by atoms with Crippen molar-refractivity contribution >= 4 is 29.3 Å². The molecule has 0 saturated carbocycles. The molecular formula is C26H39N9O. The fourth-order valence-electron chi connectivity index (χ4n) is 5.49. The van der Waals surface area contributed by atoms with Crippen molar-refractivity contribution in [1.82, 2.24) is 30.0 Å². The standard InChI is InChI=1S/C26H39N9O/c1-5-24(36)35-11-8-26(18-35)6-9-34(10-7-26)25-28-21(27-22-16-20(19(2)3)30-31-22)17-23(29-25)33-14-12-32(4)13-15-33/h5,16-17,19H,1,6-15,18H2,2-4H3,(H2,27,28,29,30,31). The van der Waals surface area contributed by atoms with E-state index in [0.29, 0.717) is 5.92 Å². The van der Waals surface area contributed by atoms with Gasteiger partial charge in [-0.3, -0.25) is 9.89 Å². The number of carbonyl (C=O) groups excluding carboxylic acids is 1. The summed E-state index contributed by atoms with van der Waals surface area (Å²) in [7, 11) is 2.16. The molecule has 2 aromatic rings. The summed E-state index contributed by atoms with van der Waals surface area (Å²) < 4.78 is 0. The molecule has 3 aliphatic rings. The van der Waals surface area contributed by atoms with E-state index in [9.17, 15) is 4.79 Å². The topological polar surface area (TPSA) is 96.5 Å². The van der Waals surface area contributed by atoms with Gasteiger partial charge in [0.05, 0.1) is 0 Å². The van der Waals surface area contributed by atoms with E-state index in [4.69, 9.17) is 9.97 Å². The maximum absolute atomic E-state index is 12.1. The molecule has 0 bridgehead atoms. The molecule has 1 spiro atoms. The number of carbonyl (C=O) groups is 1. The van der Waals surface area contributed by atoms with Crippen LogP contribution in [0, 0.1) is 5.41 Å². The van der Waals surface area contributed by atoms with Gasteiger partial charge in [0.1, 0.15) is 11.6 Å². The number of piperazine rings is 1. The molecule has 0 radical (unpaired) electrons. The number of hydrogen-bond donors (Lipinski definition) is 2. The summed E-state index contributed by atoms with van der Waals surface area (Å²) in [6, 6.07) is 4.09. The summed E-state index contributed by atoms with van der Waals surface area (Å²) in [6.07, 6.45) is 4.57. The Balaban J connectivity index is 1.34. The minimum absolute atomic E-state index is 0.0484. The van der Waals surface area contributed by atoms with Crippen LogP contribution in [0.5, 0.6) is 0 Å². The molecule has 5 rings (SSSR count). The van der Waals surface area contributed by atoms with Gasteiger partial charge in [-0.2, -0.15) is 15.1 Å². The zero-order valence-electron chi connectivity index (χ0n) is 21.8. The first kappa shape index (κ1) is 24.5. The summed E-state index contributed by atoms with van der Waals surface area (Å²) in [4.78, 5) is 31.0. The zero-order chi connectivity index (χ0) is 25.3. The normalized spacial score (nSPS) is 20.4. The molecule has 3 aliphatic heterocycles. The van der Waals surface area contributed by atoms with Crippen molar-refractivity contribution < 1.29 is 4.79 Å². The van der Waals surface area contributed by atoms with Gasteiger partial charge in [-0.1, -0.05) is 20.4 Å².